The van der Waals surface area contributed by atoms with Crippen LogP contribution in [-0.2, 0) is 10.3 Å². The molecular weight excluding hydrogens is 264 g/mol. The first-order chi connectivity index (χ1) is 9.85. The van der Waals surface area contributed by atoms with Crippen molar-refractivity contribution in [2.75, 3.05) is 26.2 Å². The number of rotatable bonds is 8. The minimum absolute atomic E-state index is 0.651. The summed E-state index contributed by atoms with van der Waals surface area (Å²) in [5.74, 6) is -0.837. The van der Waals surface area contributed by atoms with E-state index in [1.807, 2.05) is 32.0 Å². The van der Waals surface area contributed by atoms with Crippen LogP contribution in [0.3, 0.4) is 0 Å². The van der Waals surface area contributed by atoms with Gasteiger partial charge in [-0.1, -0.05) is 37.6 Å². The first kappa shape index (κ1) is 17.7. The van der Waals surface area contributed by atoms with E-state index in [4.69, 9.17) is 0 Å². The molecule has 21 heavy (non-hydrogen) atoms. The van der Waals surface area contributed by atoms with Gasteiger partial charge in [-0.05, 0) is 45.0 Å². The summed E-state index contributed by atoms with van der Waals surface area (Å²) in [6, 6.07) is 5.96. The number of nitrogens with zero attached hydrogens (tertiary/aromatic N) is 1. The highest BCUT2D eigenvalue weighted by molar-refractivity contribution is 5.81. The Bertz CT molecular complexity index is 484. The second-order valence-electron chi connectivity index (χ2n) is 5.70. The predicted octanol–water partition coefficient (Wildman–Crippen LogP) is 2.53. The van der Waals surface area contributed by atoms with Gasteiger partial charge in [0.15, 0.2) is 0 Å². The molecule has 0 bridgehead atoms. The molecule has 0 saturated carbocycles. The molecule has 0 aliphatic carbocycles. The molecule has 1 unspecified atom stereocenters. The SMILES string of the molecule is CCN(CC)CCNC(C)(C(=O)O)c1cc(C)ccc1C. The Hall–Kier alpha value is -1.39. The standard InChI is InChI=1S/C17H28N2O2/c1-6-19(7-2)11-10-18-17(5,16(20)21)15-12-13(3)8-9-14(15)4/h8-9,12,18H,6-7,10-11H2,1-5H3,(H,20,21). The zero-order chi connectivity index (χ0) is 16.0. The number of aryl methyl sites for hydroxylation is 2. The maximum atomic E-state index is 11.8. The number of carboxylic acid groups (broad SMARTS) is 1. The van der Waals surface area contributed by atoms with Gasteiger partial charge in [0.2, 0.25) is 0 Å². The molecule has 118 valence electrons. The van der Waals surface area contributed by atoms with Crippen molar-refractivity contribution in [1.29, 1.82) is 0 Å². The van der Waals surface area contributed by atoms with Crippen LogP contribution in [0.4, 0.5) is 0 Å². The van der Waals surface area contributed by atoms with Crippen LogP contribution in [0.25, 0.3) is 0 Å². The topological polar surface area (TPSA) is 52.6 Å². The maximum Gasteiger partial charge on any atom is 0.328 e. The maximum absolute atomic E-state index is 11.8. The van der Waals surface area contributed by atoms with Crippen molar-refractivity contribution < 1.29 is 9.90 Å². The molecule has 0 saturated heterocycles. The number of likely N-dealkylation sites (N-methyl/N-ethyl adjacent to an activating group) is 1. The number of nitrogens with one attached hydrogen (secondary N) is 1. The molecule has 0 aliphatic rings. The lowest BCUT2D eigenvalue weighted by atomic mass is 9.87. The fraction of sp³-hybridized carbons (Fsp3) is 0.588. The molecule has 1 rings (SSSR count). The van der Waals surface area contributed by atoms with Gasteiger partial charge in [0.25, 0.3) is 0 Å². The highest BCUT2D eigenvalue weighted by Gasteiger charge is 2.35. The normalized spacial score (nSPS) is 14.2. The third-order valence-electron chi connectivity index (χ3n) is 4.16. The third-order valence-corrected chi connectivity index (χ3v) is 4.16. The molecule has 1 aromatic carbocycles. The lowest BCUT2D eigenvalue weighted by Crippen LogP contribution is -2.49. The second-order valence-corrected chi connectivity index (χ2v) is 5.70. The van der Waals surface area contributed by atoms with Crippen LogP contribution in [0, 0.1) is 13.8 Å². The summed E-state index contributed by atoms with van der Waals surface area (Å²) in [6.07, 6.45) is 0. The van der Waals surface area contributed by atoms with Gasteiger partial charge in [-0.25, -0.2) is 4.79 Å². The summed E-state index contributed by atoms with van der Waals surface area (Å²) in [6.45, 7) is 13.4. The summed E-state index contributed by atoms with van der Waals surface area (Å²) < 4.78 is 0. The Morgan fingerprint density at radius 2 is 1.90 bits per heavy atom. The van der Waals surface area contributed by atoms with E-state index in [1.165, 1.54) is 0 Å². The molecule has 1 atom stereocenters. The molecule has 4 heteroatoms. The van der Waals surface area contributed by atoms with E-state index in [9.17, 15) is 9.90 Å². The van der Waals surface area contributed by atoms with Gasteiger partial charge in [0.05, 0.1) is 0 Å². The summed E-state index contributed by atoms with van der Waals surface area (Å²) in [4.78, 5) is 14.1. The number of aliphatic carboxylic acids is 1. The largest absolute Gasteiger partial charge is 0.480 e. The molecule has 1 aromatic rings. The van der Waals surface area contributed by atoms with Crippen LogP contribution >= 0.6 is 0 Å². The van der Waals surface area contributed by atoms with E-state index in [1.54, 1.807) is 6.92 Å². The van der Waals surface area contributed by atoms with E-state index < -0.39 is 11.5 Å². The molecule has 0 amide bonds. The number of carbonyl (C=O) groups is 1. The van der Waals surface area contributed by atoms with Gasteiger partial charge in [0.1, 0.15) is 5.54 Å². The third kappa shape index (κ3) is 4.29. The zero-order valence-electron chi connectivity index (χ0n) is 13.9. The molecular formula is C17H28N2O2. The van der Waals surface area contributed by atoms with Gasteiger partial charge >= 0.3 is 5.97 Å². The number of hydrogen-bond acceptors (Lipinski definition) is 3. The number of hydrogen-bond donors (Lipinski definition) is 2. The zero-order valence-corrected chi connectivity index (χ0v) is 13.9. The predicted molar refractivity (Wildman–Crippen MR) is 86.7 cm³/mol. The van der Waals surface area contributed by atoms with Crippen molar-refractivity contribution in [3.63, 3.8) is 0 Å². The highest BCUT2D eigenvalue weighted by atomic mass is 16.4. The smallest absolute Gasteiger partial charge is 0.328 e. The second kappa shape index (κ2) is 7.57. The number of carboxylic acids is 1. The van der Waals surface area contributed by atoms with Crippen LogP contribution < -0.4 is 5.32 Å². The van der Waals surface area contributed by atoms with E-state index in [-0.39, 0.29) is 0 Å². The van der Waals surface area contributed by atoms with Gasteiger partial charge in [-0.15, -0.1) is 0 Å². The Labute approximate surface area is 128 Å². The molecule has 0 heterocycles. The Morgan fingerprint density at radius 1 is 1.29 bits per heavy atom. The molecule has 4 nitrogen and oxygen atoms in total. The minimum Gasteiger partial charge on any atom is -0.480 e. The van der Waals surface area contributed by atoms with Crippen LogP contribution in [0.1, 0.15) is 37.5 Å². The number of benzene rings is 1. The van der Waals surface area contributed by atoms with Crippen LogP contribution in [-0.4, -0.2) is 42.2 Å². The van der Waals surface area contributed by atoms with Gasteiger partial charge in [-0.2, -0.15) is 0 Å². The van der Waals surface area contributed by atoms with E-state index >= 15 is 0 Å². The summed E-state index contributed by atoms with van der Waals surface area (Å²) >= 11 is 0. The van der Waals surface area contributed by atoms with Gasteiger partial charge in [-0.3, -0.25) is 5.32 Å². The average molecular weight is 292 g/mol. The highest BCUT2D eigenvalue weighted by Crippen LogP contribution is 2.25. The minimum atomic E-state index is -1.05. The monoisotopic (exact) mass is 292 g/mol. The Kier molecular flexibility index (Phi) is 6.37. The molecule has 0 fully saturated rings. The summed E-state index contributed by atoms with van der Waals surface area (Å²) in [5.41, 5.74) is 1.87. The molecule has 0 radical (unpaired) electrons. The Balaban J connectivity index is 2.93. The van der Waals surface area contributed by atoms with Crippen molar-refractivity contribution in [2.24, 2.45) is 0 Å². The average Bonchev–Trinajstić information content (AvgIpc) is 2.45. The van der Waals surface area contributed by atoms with Gasteiger partial charge < -0.3 is 10.0 Å². The van der Waals surface area contributed by atoms with Crippen molar-refractivity contribution in [2.45, 2.75) is 40.2 Å². The van der Waals surface area contributed by atoms with Crippen molar-refractivity contribution >= 4 is 5.97 Å². The lowest BCUT2D eigenvalue weighted by molar-refractivity contribution is -0.144. The van der Waals surface area contributed by atoms with E-state index in [2.05, 4.69) is 24.1 Å². The van der Waals surface area contributed by atoms with E-state index in [0.717, 1.165) is 36.3 Å². The fourth-order valence-electron chi connectivity index (χ4n) is 2.56. The fourth-order valence-corrected chi connectivity index (χ4v) is 2.56. The van der Waals surface area contributed by atoms with Crippen LogP contribution in [0.5, 0.6) is 0 Å². The lowest BCUT2D eigenvalue weighted by Gasteiger charge is -2.30. The summed E-state index contributed by atoms with van der Waals surface area (Å²) in [7, 11) is 0. The summed E-state index contributed by atoms with van der Waals surface area (Å²) in [5, 5.41) is 12.9. The van der Waals surface area contributed by atoms with Crippen molar-refractivity contribution in [1.82, 2.24) is 10.2 Å². The van der Waals surface area contributed by atoms with Crippen LogP contribution in [0.2, 0.25) is 0 Å². The molecule has 0 spiro atoms. The van der Waals surface area contributed by atoms with Crippen LogP contribution in [0.15, 0.2) is 18.2 Å². The van der Waals surface area contributed by atoms with E-state index in [0.29, 0.717) is 6.54 Å². The Morgan fingerprint density at radius 3 is 2.43 bits per heavy atom. The quantitative estimate of drug-likeness (QED) is 0.773. The van der Waals surface area contributed by atoms with Crippen molar-refractivity contribution in [3.05, 3.63) is 34.9 Å². The van der Waals surface area contributed by atoms with Gasteiger partial charge in [0, 0.05) is 13.1 Å². The first-order valence-corrected chi connectivity index (χ1v) is 7.63. The van der Waals surface area contributed by atoms with Crippen molar-refractivity contribution in [3.8, 4) is 0 Å². The molecule has 0 aliphatic heterocycles. The first-order valence-electron chi connectivity index (χ1n) is 7.63. The molecule has 2 N–H and O–H groups in total. The molecule has 0 aromatic heterocycles.